The first-order chi connectivity index (χ1) is 8.49. The van der Waals surface area contributed by atoms with Crippen molar-refractivity contribution in [1.82, 2.24) is 4.90 Å². The lowest BCUT2D eigenvalue weighted by Crippen LogP contribution is -2.36. The van der Waals surface area contributed by atoms with E-state index in [2.05, 4.69) is 0 Å². The molecule has 0 aliphatic carbocycles. The van der Waals surface area contributed by atoms with E-state index in [0.29, 0.717) is 12.3 Å². The third kappa shape index (κ3) is 2.34. The second-order valence-electron chi connectivity index (χ2n) is 4.56. The minimum atomic E-state index is -0.0939. The molecule has 2 rings (SSSR count). The lowest BCUT2D eigenvalue weighted by Gasteiger charge is -2.23. The molecule has 0 aromatic heterocycles. The Hall–Kier alpha value is -1.91. The number of phenolic OH excluding ortho intramolecular Hbond substituents is 1. The van der Waals surface area contributed by atoms with Crippen molar-refractivity contribution in [2.24, 2.45) is 0 Å². The summed E-state index contributed by atoms with van der Waals surface area (Å²) in [5.74, 6) is 0.933. The summed E-state index contributed by atoms with van der Waals surface area (Å²) in [6.07, 6.45) is 0.630. The van der Waals surface area contributed by atoms with Crippen LogP contribution in [0.3, 0.4) is 0 Å². The van der Waals surface area contributed by atoms with Gasteiger partial charge in [-0.25, -0.2) is 0 Å². The van der Waals surface area contributed by atoms with Gasteiger partial charge in [-0.2, -0.15) is 0 Å². The van der Waals surface area contributed by atoms with E-state index in [9.17, 15) is 9.90 Å². The van der Waals surface area contributed by atoms with Crippen LogP contribution in [-0.2, 0) is 4.79 Å². The number of carbonyl (C=O) groups is 1. The molecule has 0 radical (unpaired) electrons. The molecule has 1 heterocycles. The molecule has 0 bridgehead atoms. The number of aromatic hydroxyl groups is 1. The zero-order chi connectivity index (χ0) is 13.3. The molecular formula is C13H18N2O3. The number of benzene rings is 1. The largest absolute Gasteiger partial charge is 0.508 e. The molecule has 0 saturated heterocycles. The van der Waals surface area contributed by atoms with Gasteiger partial charge in [-0.3, -0.25) is 4.79 Å². The highest BCUT2D eigenvalue weighted by Crippen LogP contribution is 2.39. The standard InChI is InChI=1S/C13H18N2O3/c1-9(16)14(2)7-6-13-15(3)11-5-4-10(17)8-12(11)18-13/h4-5,8,13,17H,6-7H2,1-3H3. The van der Waals surface area contributed by atoms with Crippen LogP contribution >= 0.6 is 0 Å². The predicted molar refractivity (Wildman–Crippen MR) is 68.9 cm³/mol. The van der Waals surface area contributed by atoms with E-state index < -0.39 is 0 Å². The SMILES string of the molecule is CC(=O)N(C)CCC1Oc2cc(O)ccc2N1C. The average molecular weight is 250 g/mol. The summed E-state index contributed by atoms with van der Waals surface area (Å²) in [7, 11) is 3.72. The number of anilines is 1. The Morgan fingerprint density at radius 2 is 2.28 bits per heavy atom. The fraction of sp³-hybridized carbons (Fsp3) is 0.462. The topological polar surface area (TPSA) is 53.0 Å². The number of hydrogen-bond acceptors (Lipinski definition) is 4. The van der Waals surface area contributed by atoms with Crippen LogP contribution in [0.25, 0.3) is 0 Å². The molecule has 98 valence electrons. The van der Waals surface area contributed by atoms with E-state index in [1.54, 1.807) is 31.0 Å². The van der Waals surface area contributed by atoms with Crippen LogP contribution in [0.5, 0.6) is 11.5 Å². The molecular weight excluding hydrogens is 232 g/mol. The summed E-state index contributed by atoms with van der Waals surface area (Å²) in [6.45, 7) is 2.19. The quantitative estimate of drug-likeness (QED) is 0.881. The summed E-state index contributed by atoms with van der Waals surface area (Å²) >= 11 is 0. The number of phenols is 1. The summed E-state index contributed by atoms with van der Waals surface area (Å²) in [4.78, 5) is 14.8. The Morgan fingerprint density at radius 1 is 1.56 bits per heavy atom. The van der Waals surface area contributed by atoms with E-state index in [-0.39, 0.29) is 17.9 Å². The highest BCUT2D eigenvalue weighted by Gasteiger charge is 2.28. The minimum absolute atomic E-state index is 0.0470. The van der Waals surface area contributed by atoms with Crippen LogP contribution in [0.1, 0.15) is 13.3 Å². The first-order valence-corrected chi connectivity index (χ1v) is 5.93. The maximum absolute atomic E-state index is 11.1. The Morgan fingerprint density at radius 3 is 2.94 bits per heavy atom. The molecule has 0 spiro atoms. The van der Waals surface area contributed by atoms with Gasteiger partial charge in [0.15, 0.2) is 6.23 Å². The molecule has 0 saturated carbocycles. The molecule has 5 nitrogen and oxygen atoms in total. The lowest BCUT2D eigenvalue weighted by atomic mass is 10.2. The van der Waals surface area contributed by atoms with Gasteiger partial charge in [0.1, 0.15) is 11.5 Å². The molecule has 1 aliphatic rings. The summed E-state index contributed by atoms with van der Waals surface area (Å²) in [5.41, 5.74) is 0.961. The number of nitrogens with zero attached hydrogens (tertiary/aromatic N) is 2. The van der Waals surface area contributed by atoms with Crippen molar-refractivity contribution in [1.29, 1.82) is 0 Å². The number of amides is 1. The number of fused-ring (bicyclic) bond motifs is 1. The normalized spacial score (nSPS) is 17.3. The van der Waals surface area contributed by atoms with Gasteiger partial charge in [0.2, 0.25) is 5.91 Å². The van der Waals surface area contributed by atoms with Gasteiger partial charge in [0, 0.05) is 40.1 Å². The zero-order valence-electron chi connectivity index (χ0n) is 10.9. The van der Waals surface area contributed by atoms with Crippen LogP contribution < -0.4 is 9.64 Å². The van der Waals surface area contributed by atoms with Gasteiger partial charge in [-0.05, 0) is 12.1 Å². The van der Waals surface area contributed by atoms with Crippen LogP contribution in [-0.4, -0.2) is 42.8 Å². The molecule has 1 aromatic carbocycles. The second kappa shape index (κ2) is 4.76. The Kier molecular flexibility index (Phi) is 3.32. The van der Waals surface area contributed by atoms with Gasteiger partial charge < -0.3 is 19.6 Å². The number of hydrogen-bond donors (Lipinski definition) is 1. The van der Waals surface area contributed by atoms with E-state index >= 15 is 0 Å². The molecule has 1 N–H and O–H groups in total. The van der Waals surface area contributed by atoms with E-state index in [4.69, 9.17) is 4.74 Å². The van der Waals surface area contributed by atoms with Crippen molar-refractivity contribution in [3.8, 4) is 11.5 Å². The maximum atomic E-state index is 11.1. The van der Waals surface area contributed by atoms with Crippen molar-refractivity contribution in [3.05, 3.63) is 18.2 Å². The number of ether oxygens (including phenoxy) is 1. The molecule has 18 heavy (non-hydrogen) atoms. The summed E-state index contributed by atoms with van der Waals surface area (Å²) in [5, 5.41) is 9.41. The minimum Gasteiger partial charge on any atom is -0.508 e. The maximum Gasteiger partial charge on any atom is 0.219 e. The molecule has 1 atom stereocenters. The van der Waals surface area contributed by atoms with Crippen molar-refractivity contribution < 1.29 is 14.6 Å². The third-order valence-corrected chi connectivity index (χ3v) is 3.27. The zero-order valence-corrected chi connectivity index (χ0v) is 10.9. The smallest absolute Gasteiger partial charge is 0.219 e. The summed E-state index contributed by atoms with van der Waals surface area (Å²) in [6, 6.07) is 5.09. The molecule has 1 unspecified atom stereocenters. The van der Waals surface area contributed by atoms with E-state index in [1.165, 1.54) is 0 Å². The average Bonchev–Trinajstić information content (AvgIpc) is 2.62. The predicted octanol–water partition coefficient (Wildman–Crippen LogP) is 1.42. The van der Waals surface area contributed by atoms with E-state index in [1.807, 2.05) is 18.0 Å². The van der Waals surface area contributed by atoms with Crippen molar-refractivity contribution in [3.63, 3.8) is 0 Å². The first kappa shape index (κ1) is 12.5. The molecule has 1 aliphatic heterocycles. The van der Waals surface area contributed by atoms with Crippen molar-refractivity contribution in [2.45, 2.75) is 19.6 Å². The van der Waals surface area contributed by atoms with Crippen LogP contribution in [0, 0.1) is 0 Å². The molecule has 1 amide bonds. The third-order valence-electron chi connectivity index (χ3n) is 3.27. The van der Waals surface area contributed by atoms with Crippen LogP contribution in [0.4, 0.5) is 5.69 Å². The number of carbonyl (C=O) groups excluding carboxylic acids is 1. The fourth-order valence-corrected chi connectivity index (χ4v) is 1.98. The number of rotatable bonds is 3. The van der Waals surface area contributed by atoms with Gasteiger partial charge in [-0.1, -0.05) is 0 Å². The Labute approximate surface area is 107 Å². The highest BCUT2D eigenvalue weighted by molar-refractivity contribution is 5.72. The molecule has 1 aromatic rings. The Bertz CT molecular complexity index is 462. The van der Waals surface area contributed by atoms with Gasteiger partial charge in [-0.15, -0.1) is 0 Å². The summed E-state index contributed by atoms with van der Waals surface area (Å²) < 4.78 is 5.76. The first-order valence-electron chi connectivity index (χ1n) is 5.93. The van der Waals surface area contributed by atoms with Gasteiger partial charge >= 0.3 is 0 Å². The van der Waals surface area contributed by atoms with Crippen molar-refractivity contribution in [2.75, 3.05) is 25.5 Å². The van der Waals surface area contributed by atoms with Crippen molar-refractivity contribution >= 4 is 11.6 Å². The van der Waals surface area contributed by atoms with Gasteiger partial charge in [0.05, 0.1) is 5.69 Å². The monoisotopic (exact) mass is 250 g/mol. The Balaban J connectivity index is 2.01. The highest BCUT2D eigenvalue weighted by atomic mass is 16.5. The fourth-order valence-electron chi connectivity index (χ4n) is 1.98. The molecule has 5 heteroatoms. The van der Waals surface area contributed by atoms with E-state index in [0.717, 1.165) is 12.1 Å². The second-order valence-corrected chi connectivity index (χ2v) is 4.56. The van der Waals surface area contributed by atoms with Crippen LogP contribution in [0.2, 0.25) is 0 Å². The lowest BCUT2D eigenvalue weighted by molar-refractivity contribution is -0.127. The molecule has 0 fully saturated rings. The van der Waals surface area contributed by atoms with Crippen LogP contribution in [0.15, 0.2) is 18.2 Å². The van der Waals surface area contributed by atoms with Gasteiger partial charge in [0.25, 0.3) is 0 Å².